The average Bonchev–Trinajstić information content (AvgIpc) is 2.37. The lowest BCUT2D eigenvalue weighted by Gasteiger charge is -2.27. The van der Waals surface area contributed by atoms with Crippen LogP contribution in [0, 0.1) is 0 Å². The Balaban J connectivity index is 2.24. The lowest BCUT2D eigenvalue weighted by molar-refractivity contribution is 0.410. The Kier molecular flexibility index (Phi) is 4.58. The molecule has 1 aromatic heterocycles. The summed E-state index contributed by atoms with van der Waals surface area (Å²) in [7, 11) is 1.62. The van der Waals surface area contributed by atoms with Crippen LogP contribution in [0.15, 0.2) is 6.33 Å². The molecule has 1 saturated heterocycles. The number of nitrogens with two attached hydrogens (primary N) is 1. The number of methoxy groups -OCH3 is 1. The molecule has 0 aromatic carbocycles. The highest BCUT2D eigenvalue weighted by atomic mass is 16.5. The summed E-state index contributed by atoms with van der Waals surface area (Å²) in [5.41, 5.74) is 2.55. The predicted molar refractivity (Wildman–Crippen MR) is 71.7 cm³/mol. The van der Waals surface area contributed by atoms with Crippen molar-refractivity contribution in [2.24, 2.45) is 5.84 Å². The molecule has 1 aromatic rings. The molecule has 0 unspecified atom stereocenters. The fourth-order valence-corrected chi connectivity index (χ4v) is 2.34. The van der Waals surface area contributed by atoms with E-state index in [0.717, 1.165) is 18.9 Å². The Morgan fingerprint density at radius 3 is 2.44 bits per heavy atom. The van der Waals surface area contributed by atoms with E-state index in [4.69, 9.17) is 10.6 Å². The molecule has 18 heavy (non-hydrogen) atoms. The predicted octanol–water partition coefficient (Wildman–Crippen LogP) is 1.54. The smallest absolute Gasteiger partial charge is 0.205 e. The number of anilines is 2. The summed E-state index contributed by atoms with van der Waals surface area (Å²) in [6.45, 7) is 2.02. The second kappa shape index (κ2) is 6.39. The Bertz CT molecular complexity index is 377. The normalized spacial score (nSPS) is 16.9. The van der Waals surface area contributed by atoms with Crippen LogP contribution in [0.3, 0.4) is 0 Å². The molecule has 0 spiro atoms. The second-order valence-electron chi connectivity index (χ2n) is 4.48. The van der Waals surface area contributed by atoms with E-state index >= 15 is 0 Å². The van der Waals surface area contributed by atoms with Gasteiger partial charge in [0.25, 0.3) is 0 Å². The minimum Gasteiger partial charge on any atom is -0.490 e. The van der Waals surface area contributed by atoms with Crippen molar-refractivity contribution in [2.45, 2.75) is 32.1 Å². The van der Waals surface area contributed by atoms with Crippen molar-refractivity contribution in [3.63, 3.8) is 0 Å². The first-order chi connectivity index (χ1) is 8.86. The lowest BCUT2D eigenvalue weighted by atomic mass is 10.1. The van der Waals surface area contributed by atoms with Gasteiger partial charge in [0.1, 0.15) is 6.33 Å². The first-order valence-corrected chi connectivity index (χ1v) is 6.47. The number of ether oxygens (including phenoxy) is 1. The third kappa shape index (κ3) is 2.81. The van der Waals surface area contributed by atoms with Crippen LogP contribution in [0.4, 0.5) is 11.6 Å². The topological polar surface area (TPSA) is 76.3 Å². The van der Waals surface area contributed by atoms with Crippen LogP contribution in [0.1, 0.15) is 32.1 Å². The summed E-state index contributed by atoms with van der Waals surface area (Å²) in [5, 5.41) is 0. The highest BCUT2D eigenvalue weighted by molar-refractivity contribution is 5.64. The van der Waals surface area contributed by atoms with E-state index in [1.807, 2.05) is 0 Å². The maximum absolute atomic E-state index is 5.44. The summed E-state index contributed by atoms with van der Waals surface area (Å²) in [5.74, 6) is 7.43. The minimum atomic E-state index is 0.532. The SMILES string of the molecule is COc1c(NN)ncnc1N1CCCCCCC1. The Morgan fingerprint density at radius 1 is 1.17 bits per heavy atom. The Hall–Kier alpha value is -1.56. The summed E-state index contributed by atoms with van der Waals surface area (Å²) >= 11 is 0. The number of rotatable bonds is 3. The zero-order valence-corrected chi connectivity index (χ0v) is 10.9. The van der Waals surface area contributed by atoms with Crippen LogP contribution in [0.5, 0.6) is 5.75 Å². The van der Waals surface area contributed by atoms with Crippen molar-refractivity contribution in [1.29, 1.82) is 0 Å². The van der Waals surface area contributed by atoms with Crippen molar-refractivity contribution in [2.75, 3.05) is 30.5 Å². The molecule has 0 saturated carbocycles. The van der Waals surface area contributed by atoms with Crippen LogP contribution < -0.4 is 20.9 Å². The summed E-state index contributed by atoms with van der Waals surface area (Å²) in [6.07, 6.45) is 7.81. The molecule has 0 amide bonds. The van der Waals surface area contributed by atoms with Crippen LogP contribution in [0.2, 0.25) is 0 Å². The van der Waals surface area contributed by atoms with Gasteiger partial charge in [-0.3, -0.25) is 0 Å². The summed E-state index contributed by atoms with van der Waals surface area (Å²) in [4.78, 5) is 10.7. The van der Waals surface area contributed by atoms with Gasteiger partial charge in [-0.05, 0) is 12.8 Å². The third-order valence-electron chi connectivity index (χ3n) is 3.28. The van der Waals surface area contributed by atoms with Crippen molar-refractivity contribution in [1.82, 2.24) is 9.97 Å². The molecule has 6 nitrogen and oxygen atoms in total. The van der Waals surface area contributed by atoms with Gasteiger partial charge in [-0.1, -0.05) is 19.3 Å². The lowest BCUT2D eigenvalue weighted by Crippen LogP contribution is -2.28. The van der Waals surface area contributed by atoms with Crippen LogP contribution in [-0.4, -0.2) is 30.2 Å². The largest absolute Gasteiger partial charge is 0.490 e. The first-order valence-electron chi connectivity index (χ1n) is 6.47. The molecule has 1 aliphatic rings. The minimum absolute atomic E-state index is 0.532. The van der Waals surface area contributed by atoms with Crippen molar-refractivity contribution >= 4 is 11.6 Å². The second-order valence-corrected chi connectivity index (χ2v) is 4.48. The van der Waals surface area contributed by atoms with Gasteiger partial charge in [-0.25, -0.2) is 15.8 Å². The molecule has 2 heterocycles. The van der Waals surface area contributed by atoms with E-state index in [1.54, 1.807) is 7.11 Å². The van der Waals surface area contributed by atoms with Crippen molar-refractivity contribution < 1.29 is 4.74 Å². The van der Waals surface area contributed by atoms with Gasteiger partial charge < -0.3 is 15.1 Å². The van der Waals surface area contributed by atoms with Gasteiger partial charge >= 0.3 is 0 Å². The molecule has 6 heteroatoms. The van der Waals surface area contributed by atoms with Gasteiger partial charge in [0.2, 0.25) is 5.75 Å². The Morgan fingerprint density at radius 2 is 1.83 bits per heavy atom. The van der Waals surface area contributed by atoms with Gasteiger partial charge in [-0.15, -0.1) is 0 Å². The van der Waals surface area contributed by atoms with Crippen LogP contribution >= 0.6 is 0 Å². The van der Waals surface area contributed by atoms with Gasteiger partial charge in [0.15, 0.2) is 11.6 Å². The average molecular weight is 251 g/mol. The molecule has 0 aliphatic carbocycles. The van der Waals surface area contributed by atoms with E-state index < -0.39 is 0 Å². The fraction of sp³-hybridized carbons (Fsp3) is 0.667. The maximum Gasteiger partial charge on any atom is 0.205 e. The molecule has 1 fully saturated rings. The van der Waals surface area contributed by atoms with Crippen molar-refractivity contribution in [3.05, 3.63) is 6.33 Å². The quantitative estimate of drug-likeness (QED) is 0.627. The Labute approximate surface area is 108 Å². The number of hydrogen-bond donors (Lipinski definition) is 2. The maximum atomic E-state index is 5.44. The summed E-state index contributed by atoms with van der Waals surface area (Å²) < 4.78 is 5.38. The highest BCUT2D eigenvalue weighted by Gasteiger charge is 2.18. The van der Waals surface area contributed by atoms with Crippen molar-refractivity contribution in [3.8, 4) is 5.75 Å². The van der Waals surface area contributed by atoms with E-state index in [0.29, 0.717) is 11.6 Å². The monoisotopic (exact) mass is 251 g/mol. The van der Waals surface area contributed by atoms with Crippen LogP contribution in [-0.2, 0) is 0 Å². The zero-order valence-electron chi connectivity index (χ0n) is 10.9. The molecule has 3 N–H and O–H groups in total. The van der Waals surface area contributed by atoms with E-state index in [2.05, 4.69) is 20.3 Å². The molecule has 0 radical (unpaired) electrons. The first kappa shape index (κ1) is 12.9. The van der Waals surface area contributed by atoms with Gasteiger partial charge in [-0.2, -0.15) is 0 Å². The number of hydrogen-bond acceptors (Lipinski definition) is 6. The molecule has 100 valence electrons. The number of nitrogen functional groups attached to an aromatic ring is 1. The van der Waals surface area contributed by atoms with E-state index in [9.17, 15) is 0 Å². The van der Waals surface area contributed by atoms with Crippen LogP contribution in [0.25, 0.3) is 0 Å². The van der Waals surface area contributed by atoms with Gasteiger partial charge in [0, 0.05) is 13.1 Å². The fourth-order valence-electron chi connectivity index (χ4n) is 2.34. The standard InChI is InChI=1S/C12H21N5O/c1-18-10-11(16-13)14-9-15-12(10)17-7-5-3-2-4-6-8-17/h9H,2-8,13H2,1H3,(H,14,15,16). The molecular formula is C12H21N5O. The number of nitrogens with one attached hydrogen (secondary N) is 1. The third-order valence-corrected chi connectivity index (χ3v) is 3.28. The highest BCUT2D eigenvalue weighted by Crippen LogP contribution is 2.32. The molecular weight excluding hydrogens is 230 g/mol. The van der Waals surface area contributed by atoms with E-state index in [-0.39, 0.29) is 0 Å². The number of hydrazine groups is 1. The molecule has 1 aliphatic heterocycles. The van der Waals surface area contributed by atoms with Gasteiger partial charge in [0.05, 0.1) is 7.11 Å². The number of aromatic nitrogens is 2. The summed E-state index contributed by atoms with van der Waals surface area (Å²) in [6, 6.07) is 0. The zero-order chi connectivity index (χ0) is 12.8. The molecule has 2 rings (SSSR count). The van der Waals surface area contributed by atoms with E-state index in [1.165, 1.54) is 38.4 Å². The number of nitrogens with zero attached hydrogens (tertiary/aromatic N) is 3. The molecule has 0 atom stereocenters. The molecule has 0 bridgehead atoms.